The van der Waals surface area contributed by atoms with Gasteiger partial charge in [0.15, 0.2) is 0 Å². The van der Waals surface area contributed by atoms with Gasteiger partial charge in [0, 0.05) is 39.1 Å². The Kier molecular flexibility index (Phi) is 6.05. The fourth-order valence-electron chi connectivity index (χ4n) is 2.13. The molecule has 6 nitrogen and oxygen atoms in total. The number of amides is 1. The van der Waals surface area contributed by atoms with Gasteiger partial charge in [0.1, 0.15) is 17.3 Å². The van der Waals surface area contributed by atoms with Crippen LogP contribution < -0.4 is 10.2 Å². The van der Waals surface area contributed by atoms with Crippen molar-refractivity contribution >= 4 is 17.4 Å². The van der Waals surface area contributed by atoms with Gasteiger partial charge in [0.25, 0.3) is 5.91 Å². The normalized spacial score (nSPS) is 10.4. The lowest BCUT2D eigenvalue weighted by Crippen LogP contribution is -2.27. The summed E-state index contributed by atoms with van der Waals surface area (Å²) in [5, 5.41) is 2.84. The molecule has 0 spiro atoms. The van der Waals surface area contributed by atoms with Crippen LogP contribution in [0.15, 0.2) is 36.4 Å². The number of hydrogen-bond acceptors (Lipinski definition) is 5. The third kappa shape index (κ3) is 4.75. The summed E-state index contributed by atoms with van der Waals surface area (Å²) in [7, 11) is 3.55. The third-order valence-corrected chi connectivity index (χ3v) is 3.36. The van der Waals surface area contributed by atoms with Gasteiger partial charge in [-0.25, -0.2) is 9.97 Å². The topological polar surface area (TPSA) is 67.3 Å². The average Bonchev–Trinajstić information content (AvgIpc) is 2.58. The van der Waals surface area contributed by atoms with Gasteiger partial charge in [-0.1, -0.05) is 18.2 Å². The molecular formula is C17H22N4O2. The molecule has 0 atom stereocenters. The van der Waals surface area contributed by atoms with E-state index in [1.807, 2.05) is 42.3 Å². The first kappa shape index (κ1) is 16.9. The van der Waals surface area contributed by atoms with Crippen molar-refractivity contribution in [1.82, 2.24) is 15.3 Å². The summed E-state index contributed by atoms with van der Waals surface area (Å²) in [5.41, 5.74) is 1.37. The number of carbonyl (C=O) groups is 1. The van der Waals surface area contributed by atoms with Crippen LogP contribution in [0.5, 0.6) is 0 Å². The Morgan fingerprint density at radius 1 is 1.26 bits per heavy atom. The number of nitrogens with one attached hydrogen (secondary N) is 1. The molecule has 1 N–H and O–H groups in total. The molecule has 0 aliphatic rings. The van der Waals surface area contributed by atoms with Crippen molar-refractivity contribution in [3.63, 3.8) is 0 Å². The maximum atomic E-state index is 12.2. The van der Waals surface area contributed by atoms with Crippen LogP contribution in [0, 0.1) is 6.92 Å². The third-order valence-electron chi connectivity index (χ3n) is 3.36. The lowest BCUT2D eigenvalue weighted by Gasteiger charge is -2.19. The molecule has 1 amide bonds. The first-order valence-electron chi connectivity index (χ1n) is 7.53. The summed E-state index contributed by atoms with van der Waals surface area (Å²) in [5.74, 6) is 1.05. The second-order valence-corrected chi connectivity index (χ2v) is 5.16. The molecule has 0 saturated heterocycles. The number of carbonyl (C=O) groups excluding carboxylic acids is 1. The number of aromatic nitrogens is 2. The van der Waals surface area contributed by atoms with Gasteiger partial charge in [-0.3, -0.25) is 4.79 Å². The molecule has 0 aliphatic heterocycles. The zero-order chi connectivity index (χ0) is 16.7. The quantitative estimate of drug-likeness (QED) is 0.794. The lowest BCUT2D eigenvalue weighted by molar-refractivity contribution is 0.0943. The van der Waals surface area contributed by atoms with E-state index in [2.05, 4.69) is 15.3 Å². The van der Waals surface area contributed by atoms with Crippen LogP contribution in [-0.2, 0) is 4.74 Å². The number of benzene rings is 1. The molecule has 0 unspecified atom stereocenters. The van der Waals surface area contributed by atoms with Crippen molar-refractivity contribution in [2.75, 3.05) is 32.2 Å². The zero-order valence-corrected chi connectivity index (χ0v) is 13.7. The highest BCUT2D eigenvalue weighted by atomic mass is 16.5. The standard InChI is InChI=1S/C17H22N4O2/c1-13-19-15(17(22)18-10-7-11-23-3)12-16(20-13)21(2)14-8-5-4-6-9-14/h4-6,8-9,12H,7,10-11H2,1-3H3,(H,18,22). The predicted molar refractivity (Wildman–Crippen MR) is 90.1 cm³/mol. The number of aryl methyl sites for hydroxylation is 1. The highest BCUT2D eigenvalue weighted by Gasteiger charge is 2.13. The Balaban J connectivity index is 2.14. The van der Waals surface area contributed by atoms with Gasteiger partial charge < -0.3 is 15.0 Å². The zero-order valence-electron chi connectivity index (χ0n) is 13.7. The van der Waals surface area contributed by atoms with Gasteiger partial charge in [0.05, 0.1) is 0 Å². The molecule has 0 fully saturated rings. The molecule has 2 aromatic rings. The molecule has 2 rings (SSSR count). The van der Waals surface area contributed by atoms with E-state index in [1.165, 1.54) is 0 Å². The fraction of sp³-hybridized carbons (Fsp3) is 0.353. The van der Waals surface area contributed by atoms with E-state index in [9.17, 15) is 4.79 Å². The fourth-order valence-corrected chi connectivity index (χ4v) is 2.13. The average molecular weight is 314 g/mol. The van der Waals surface area contributed by atoms with Gasteiger partial charge in [-0.05, 0) is 25.5 Å². The maximum Gasteiger partial charge on any atom is 0.270 e. The first-order chi connectivity index (χ1) is 11.1. The number of anilines is 2. The number of ether oxygens (including phenoxy) is 1. The minimum absolute atomic E-state index is 0.200. The molecule has 1 aromatic carbocycles. The van der Waals surface area contributed by atoms with Gasteiger partial charge in [-0.2, -0.15) is 0 Å². The van der Waals surface area contributed by atoms with E-state index in [0.29, 0.717) is 30.5 Å². The maximum absolute atomic E-state index is 12.2. The summed E-state index contributed by atoms with van der Waals surface area (Å²) >= 11 is 0. The highest BCUT2D eigenvalue weighted by molar-refractivity contribution is 5.93. The second-order valence-electron chi connectivity index (χ2n) is 5.16. The second kappa shape index (κ2) is 8.24. The monoisotopic (exact) mass is 314 g/mol. The molecule has 23 heavy (non-hydrogen) atoms. The number of hydrogen-bond donors (Lipinski definition) is 1. The minimum Gasteiger partial charge on any atom is -0.385 e. The molecule has 0 bridgehead atoms. The van der Waals surface area contributed by atoms with Gasteiger partial charge in [-0.15, -0.1) is 0 Å². The van der Waals surface area contributed by atoms with Crippen LogP contribution in [0.1, 0.15) is 22.7 Å². The van der Waals surface area contributed by atoms with Crippen LogP contribution in [0.25, 0.3) is 0 Å². The number of rotatable bonds is 7. The van der Waals surface area contributed by atoms with Crippen molar-refractivity contribution in [2.24, 2.45) is 0 Å². The smallest absolute Gasteiger partial charge is 0.270 e. The van der Waals surface area contributed by atoms with E-state index in [1.54, 1.807) is 20.1 Å². The molecule has 1 aromatic heterocycles. The van der Waals surface area contributed by atoms with Crippen molar-refractivity contribution in [3.05, 3.63) is 47.9 Å². The molecule has 1 heterocycles. The van der Waals surface area contributed by atoms with Crippen LogP contribution in [0.3, 0.4) is 0 Å². The summed E-state index contributed by atoms with van der Waals surface area (Å²) in [6, 6.07) is 11.6. The number of nitrogens with zero attached hydrogens (tertiary/aromatic N) is 3. The number of methoxy groups -OCH3 is 1. The van der Waals surface area contributed by atoms with Crippen LogP contribution in [0.4, 0.5) is 11.5 Å². The van der Waals surface area contributed by atoms with Crippen molar-refractivity contribution in [1.29, 1.82) is 0 Å². The highest BCUT2D eigenvalue weighted by Crippen LogP contribution is 2.21. The largest absolute Gasteiger partial charge is 0.385 e. The Bertz CT molecular complexity index is 646. The minimum atomic E-state index is -0.200. The molecule has 0 saturated carbocycles. The number of para-hydroxylation sites is 1. The Morgan fingerprint density at radius 2 is 2.00 bits per heavy atom. The van der Waals surface area contributed by atoms with E-state index in [-0.39, 0.29) is 5.91 Å². The van der Waals surface area contributed by atoms with Gasteiger partial charge >= 0.3 is 0 Å². The molecular weight excluding hydrogens is 292 g/mol. The van der Waals surface area contributed by atoms with Gasteiger partial charge in [0.2, 0.25) is 0 Å². The first-order valence-corrected chi connectivity index (χ1v) is 7.53. The van der Waals surface area contributed by atoms with Crippen molar-refractivity contribution in [2.45, 2.75) is 13.3 Å². The van der Waals surface area contributed by atoms with Crippen LogP contribution >= 0.6 is 0 Å². The van der Waals surface area contributed by atoms with E-state index < -0.39 is 0 Å². The van der Waals surface area contributed by atoms with E-state index in [0.717, 1.165) is 12.1 Å². The molecule has 0 radical (unpaired) electrons. The summed E-state index contributed by atoms with van der Waals surface area (Å²) in [6.07, 6.45) is 0.767. The van der Waals surface area contributed by atoms with Crippen LogP contribution in [0.2, 0.25) is 0 Å². The molecule has 6 heteroatoms. The summed E-state index contributed by atoms with van der Waals surface area (Å²) in [4.78, 5) is 22.8. The molecule has 122 valence electrons. The predicted octanol–water partition coefficient (Wildman–Crippen LogP) is 2.32. The Hall–Kier alpha value is -2.47. The summed E-state index contributed by atoms with van der Waals surface area (Å²) < 4.78 is 4.96. The lowest BCUT2D eigenvalue weighted by atomic mass is 10.3. The summed E-state index contributed by atoms with van der Waals surface area (Å²) in [6.45, 7) is 2.95. The Labute approximate surface area is 136 Å². The Morgan fingerprint density at radius 3 is 2.70 bits per heavy atom. The van der Waals surface area contributed by atoms with E-state index in [4.69, 9.17) is 4.74 Å². The van der Waals surface area contributed by atoms with Crippen molar-refractivity contribution < 1.29 is 9.53 Å². The SMILES string of the molecule is COCCCNC(=O)c1cc(N(C)c2ccccc2)nc(C)n1. The molecule has 0 aliphatic carbocycles. The van der Waals surface area contributed by atoms with Crippen LogP contribution in [-0.4, -0.2) is 43.2 Å². The van der Waals surface area contributed by atoms with Crippen molar-refractivity contribution in [3.8, 4) is 0 Å². The van der Waals surface area contributed by atoms with E-state index >= 15 is 0 Å².